The maximum Gasteiger partial charge on any atom is 0.160 e. The van der Waals surface area contributed by atoms with E-state index in [1.165, 1.54) is 42.2 Å². The fraction of sp³-hybridized carbons (Fsp3) is 0. The van der Waals surface area contributed by atoms with Crippen LogP contribution in [0.2, 0.25) is 0 Å². The molecule has 1 aliphatic heterocycles. The zero-order chi connectivity index (χ0) is 29.0. The molecule has 0 aliphatic carbocycles. The minimum atomic E-state index is 0.707. The summed E-state index contributed by atoms with van der Waals surface area (Å²) in [6, 6.07) is 49.0. The third-order valence-electron chi connectivity index (χ3n) is 8.42. The van der Waals surface area contributed by atoms with Crippen LogP contribution in [0.4, 0.5) is 11.4 Å². The van der Waals surface area contributed by atoms with E-state index in [1.807, 2.05) is 47.7 Å². The van der Waals surface area contributed by atoms with Gasteiger partial charge in [0.15, 0.2) is 5.82 Å². The summed E-state index contributed by atoms with van der Waals surface area (Å²) in [6.45, 7) is 0. The molecule has 9 rings (SSSR count). The van der Waals surface area contributed by atoms with Crippen LogP contribution in [0.3, 0.4) is 0 Å². The zero-order valence-corrected chi connectivity index (χ0v) is 24.5. The topological polar surface area (TPSA) is 29.0 Å². The number of rotatable bonds is 4. The van der Waals surface area contributed by atoms with Gasteiger partial charge in [0, 0.05) is 59.5 Å². The van der Waals surface area contributed by atoms with E-state index in [4.69, 9.17) is 9.97 Å². The highest BCUT2D eigenvalue weighted by Gasteiger charge is 2.21. The minimum absolute atomic E-state index is 0.707. The maximum absolute atomic E-state index is 5.07. The molecule has 0 unspecified atom stereocenters. The number of benzene rings is 6. The number of aromatic nitrogens is 2. The first-order valence-corrected chi connectivity index (χ1v) is 15.6. The Morgan fingerprint density at radius 2 is 1.18 bits per heavy atom. The van der Waals surface area contributed by atoms with Crippen molar-refractivity contribution in [2.75, 3.05) is 4.90 Å². The smallest absolute Gasteiger partial charge is 0.160 e. The number of thiophene rings is 1. The predicted octanol–water partition coefficient (Wildman–Crippen LogP) is 11.1. The highest BCUT2D eigenvalue weighted by atomic mass is 32.1. The molecule has 8 aromatic rings. The highest BCUT2D eigenvalue weighted by molar-refractivity contribution is 7.26. The van der Waals surface area contributed by atoms with Crippen molar-refractivity contribution in [2.24, 2.45) is 0 Å². The van der Waals surface area contributed by atoms with Gasteiger partial charge in [0.1, 0.15) is 0 Å². The molecule has 0 amide bonds. The van der Waals surface area contributed by atoms with Gasteiger partial charge in [-0.2, -0.15) is 0 Å². The van der Waals surface area contributed by atoms with Gasteiger partial charge in [0.05, 0.1) is 17.1 Å². The molecule has 0 N–H and O–H groups in total. The summed E-state index contributed by atoms with van der Waals surface area (Å²) in [5.74, 6) is 0.707. The maximum atomic E-state index is 5.07. The van der Waals surface area contributed by atoms with Gasteiger partial charge in [-0.3, -0.25) is 0 Å². The van der Waals surface area contributed by atoms with Gasteiger partial charge in [-0.05, 0) is 48.0 Å². The van der Waals surface area contributed by atoms with Gasteiger partial charge in [0.2, 0.25) is 0 Å². The second-order valence-corrected chi connectivity index (χ2v) is 12.1. The second kappa shape index (κ2) is 10.0. The van der Waals surface area contributed by atoms with Gasteiger partial charge in [-0.1, -0.05) is 103 Å². The van der Waals surface area contributed by atoms with Crippen LogP contribution in [0.5, 0.6) is 0 Å². The summed E-state index contributed by atoms with van der Waals surface area (Å²) >= 11 is 1.88. The van der Waals surface area contributed by atoms with Crippen molar-refractivity contribution in [1.82, 2.24) is 9.97 Å². The first-order valence-electron chi connectivity index (χ1n) is 14.7. The largest absolute Gasteiger partial charge is 0.316 e. The molecule has 2 aromatic heterocycles. The van der Waals surface area contributed by atoms with Crippen LogP contribution in [0.15, 0.2) is 146 Å². The molecule has 3 heterocycles. The van der Waals surface area contributed by atoms with E-state index in [9.17, 15) is 0 Å². The lowest BCUT2D eigenvalue weighted by atomic mass is 9.96. The zero-order valence-electron chi connectivity index (χ0n) is 23.7. The Hall–Kier alpha value is -5.58. The predicted molar refractivity (Wildman–Crippen MR) is 186 cm³/mol. The summed E-state index contributed by atoms with van der Waals surface area (Å²) in [4.78, 5) is 12.4. The molecule has 0 saturated heterocycles. The minimum Gasteiger partial charge on any atom is -0.316 e. The van der Waals surface area contributed by atoms with E-state index < -0.39 is 0 Å². The quantitative estimate of drug-likeness (QED) is 0.208. The van der Waals surface area contributed by atoms with Crippen molar-refractivity contribution in [3.05, 3.63) is 151 Å². The average Bonchev–Trinajstić information content (AvgIpc) is 3.48. The molecule has 44 heavy (non-hydrogen) atoms. The Bertz CT molecular complexity index is 2330. The lowest BCUT2D eigenvalue weighted by Gasteiger charge is -2.27. The molecular weight excluding hydrogens is 555 g/mol. The molecule has 1 aliphatic rings. The van der Waals surface area contributed by atoms with Crippen LogP contribution in [-0.2, 0) is 0 Å². The number of fused-ring (bicyclic) bond motifs is 4. The average molecular weight is 580 g/mol. The molecule has 0 spiro atoms. The van der Waals surface area contributed by atoms with Gasteiger partial charge in [0.25, 0.3) is 0 Å². The Morgan fingerprint density at radius 3 is 1.95 bits per heavy atom. The number of nitrogens with zero attached hydrogens (tertiary/aromatic N) is 3. The SMILES string of the molecule is C1=CN(c2cccc(-c3nc(-c4ccccc4)cc(-c4ccccc4)n3)c2)c2cccc3c2c1cc1c2ccccc2sc31. The van der Waals surface area contributed by atoms with Crippen LogP contribution in [0, 0.1) is 0 Å². The monoisotopic (exact) mass is 579 g/mol. The van der Waals surface area contributed by atoms with E-state index >= 15 is 0 Å². The van der Waals surface area contributed by atoms with Crippen LogP contribution in [0.25, 0.3) is 70.9 Å². The second-order valence-electron chi connectivity index (χ2n) is 11.1. The van der Waals surface area contributed by atoms with Crippen molar-refractivity contribution in [3.63, 3.8) is 0 Å². The molecule has 3 nitrogen and oxygen atoms in total. The van der Waals surface area contributed by atoms with Crippen molar-refractivity contribution in [2.45, 2.75) is 0 Å². The van der Waals surface area contributed by atoms with Gasteiger partial charge >= 0.3 is 0 Å². The fourth-order valence-electron chi connectivity index (χ4n) is 6.35. The summed E-state index contributed by atoms with van der Waals surface area (Å²) < 4.78 is 2.67. The Balaban J connectivity index is 1.19. The lowest BCUT2D eigenvalue weighted by Crippen LogP contribution is -2.12. The standard InChI is InChI=1S/C40H25N3S/c1-3-11-26(12-4-1)34-25-35(27-13-5-2-6-14-27)42-40(41-34)29-15-9-16-30(23-29)43-22-21-28-24-33-31-17-7-8-20-37(31)44-39(33)32-18-10-19-36(43)38(28)32/h1-25H. The summed E-state index contributed by atoms with van der Waals surface area (Å²) in [6.07, 6.45) is 4.43. The summed E-state index contributed by atoms with van der Waals surface area (Å²) in [5.41, 5.74) is 8.43. The van der Waals surface area contributed by atoms with Crippen LogP contribution in [-0.4, -0.2) is 9.97 Å². The number of hydrogen-bond acceptors (Lipinski definition) is 4. The van der Waals surface area contributed by atoms with Gasteiger partial charge in [-0.25, -0.2) is 9.97 Å². The normalized spacial score (nSPS) is 12.4. The van der Waals surface area contributed by atoms with E-state index in [0.717, 1.165) is 33.8 Å². The Kier molecular flexibility index (Phi) is 5.68. The van der Waals surface area contributed by atoms with Crippen LogP contribution in [0.1, 0.15) is 5.56 Å². The molecule has 4 heteroatoms. The highest BCUT2D eigenvalue weighted by Crippen LogP contribution is 2.46. The molecule has 0 radical (unpaired) electrons. The van der Waals surface area contributed by atoms with E-state index in [-0.39, 0.29) is 0 Å². The Morgan fingerprint density at radius 1 is 0.523 bits per heavy atom. The van der Waals surface area contributed by atoms with Crippen LogP contribution < -0.4 is 4.90 Å². The van der Waals surface area contributed by atoms with E-state index in [2.05, 4.69) is 120 Å². The molecular formula is C40H25N3S. The van der Waals surface area contributed by atoms with Gasteiger partial charge in [-0.15, -0.1) is 11.3 Å². The van der Waals surface area contributed by atoms with Crippen molar-refractivity contribution < 1.29 is 0 Å². The molecule has 0 fully saturated rings. The van der Waals surface area contributed by atoms with Gasteiger partial charge < -0.3 is 4.90 Å². The van der Waals surface area contributed by atoms with Crippen molar-refractivity contribution in [1.29, 1.82) is 0 Å². The lowest BCUT2D eigenvalue weighted by molar-refractivity contribution is 1.18. The molecule has 0 saturated carbocycles. The van der Waals surface area contributed by atoms with Crippen molar-refractivity contribution in [3.8, 4) is 33.9 Å². The van der Waals surface area contributed by atoms with Crippen LogP contribution >= 0.6 is 11.3 Å². The first-order chi connectivity index (χ1) is 21.8. The molecule has 6 aromatic carbocycles. The third kappa shape index (κ3) is 4.03. The number of anilines is 2. The fourth-order valence-corrected chi connectivity index (χ4v) is 7.56. The van der Waals surface area contributed by atoms with E-state index in [0.29, 0.717) is 5.82 Å². The molecule has 206 valence electrons. The number of hydrogen-bond donors (Lipinski definition) is 0. The third-order valence-corrected chi connectivity index (χ3v) is 9.64. The summed E-state index contributed by atoms with van der Waals surface area (Å²) in [7, 11) is 0. The van der Waals surface area contributed by atoms with Crippen molar-refractivity contribution >= 4 is 59.7 Å². The van der Waals surface area contributed by atoms with E-state index in [1.54, 1.807) is 0 Å². The summed E-state index contributed by atoms with van der Waals surface area (Å²) in [5, 5.41) is 5.24. The Labute approximate surface area is 259 Å². The molecule has 0 atom stereocenters. The molecule has 0 bridgehead atoms. The first kappa shape index (κ1) is 25.0.